The van der Waals surface area contributed by atoms with Gasteiger partial charge >= 0.3 is 18.1 Å². The van der Waals surface area contributed by atoms with E-state index in [9.17, 15) is 14.4 Å². The van der Waals surface area contributed by atoms with Crippen molar-refractivity contribution in [1.82, 2.24) is 4.90 Å². The number of carbonyl (C=O) groups is 3. The van der Waals surface area contributed by atoms with Crippen LogP contribution in [0.3, 0.4) is 0 Å². The van der Waals surface area contributed by atoms with Crippen LogP contribution in [0.25, 0.3) is 0 Å². The second-order valence-corrected chi connectivity index (χ2v) is 17.2. The van der Waals surface area contributed by atoms with Crippen LogP contribution in [0.15, 0.2) is 24.3 Å². The van der Waals surface area contributed by atoms with E-state index < -0.39 is 12.1 Å². The van der Waals surface area contributed by atoms with Crippen LogP contribution >= 0.6 is 0 Å². The second kappa shape index (κ2) is 46.2. The maximum atomic E-state index is 13.1. The summed E-state index contributed by atoms with van der Waals surface area (Å²) in [7, 11) is 0. The van der Waals surface area contributed by atoms with Gasteiger partial charge < -0.3 is 23.8 Å². The van der Waals surface area contributed by atoms with Crippen LogP contribution in [0.2, 0.25) is 0 Å². The third-order valence-corrected chi connectivity index (χ3v) is 11.7. The number of unbranched alkanes of at least 4 members (excludes halogenated alkanes) is 20. The van der Waals surface area contributed by atoms with Crippen molar-refractivity contribution < 1.29 is 33.3 Å². The van der Waals surface area contributed by atoms with Gasteiger partial charge in [-0.25, -0.2) is 4.79 Å². The molecule has 0 radical (unpaired) electrons. The quantitative estimate of drug-likeness (QED) is 0.0259. The van der Waals surface area contributed by atoms with Gasteiger partial charge in [-0.05, 0) is 70.4 Å². The van der Waals surface area contributed by atoms with Gasteiger partial charge in [-0.2, -0.15) is 0 Å². The van der Waals surface area contributed by atoms with E-state index in [0.29, 0.717) is 18.8 Å². The number of hydrogen-bond donors (Lipinski definition) is 0. The molecule has 352 valence electrons. The molecule has 0 aromatic heterocycles. The number of hydrogen-bond acceptors (Lipinski definition) is 8. The zero-order chi connectivity index (χ0) is 44.0. The molecule has 0 rings (SSSR count). The van der Waals surface area contributed by atoms with E-state index >= 15 is 0 Å². The molecule has 0 saturated heterocycles. The molecule has 0 N–H and O–H groups in total. The number of rotatable bonds is 45. The Balaban J connectivity index is 4.84. The minimum atomic E-state index is -0.749. The zero-order valence-corrected chi connectivity index (χ0v) is 40.1. The fourth-order valence-electron chi connectivity index (χ4n) is 7.54. The van der Waals surface area contributed by atoms with Crippen molar-refractivity contribution >= 4 is 18.1 Å². The normalized spacial score (nSPS) is 12.2. The van der Waals surface area contributed by atoms with Crippen molar-refractivity contribution in [2.75, 3.05) is 46.1 Å². The van der Waals surface area contributed by atoms with Crippen LogP contribution in [-0.2, 0) is 28.5 Å². The van der Waals surface area contributed by atoms with Crippen molar-refractivity contribution in [2.45, 2.75) is 234 Å². The van der Waals surface area contributed by atoms with E-state index in [4.69, 9.17) is 18.9 Å². The molecule has 8 heteroatoms. The highest BCUT2D eigenvalue weighted by Crippen LogP contribution is 2.24. The average molecular weight is 848 g/mol. The van der Waals surface area contributed by atoms with Crippen molar-refractivity contribution in [3.05, 3.63) is 24.3 Å². The second-order valence-electron chi connectivity index (χ2n) is 17.2. The summed E-state index contributed by atoms with van der Waals surface area (Å²) in [4.78, 5) is 40.4. The number of carbonyl (C=O) groups excluding carboxylic acids is 3. The lowest BCUT2D eigenvalue weighted by Crippen LogP contribution is -2.27. The first-order chi connectivity index (χ1) is 29.4. The largest absolute Gasteiger partial charge is 0.508 e. The first kappa shape index (κ1) is 57.6. The fraction of sp³-hybridized carbons (Fsp3) is 0.865. The molecule has 0 aromatic carbocycles. The summed E-state index contributed by atoms with van der Waals surface area (Å²) in [6.45, 7) is 14.0. The molecule has 0 spiro atoms. The molecule has 0 aromatic rings. The van der Waals surface area contributed by atoms with Crippen molar-refractivity contribution in [3.63, 3.8) is 0 Å². The smallest absolute Gasteiger partial charge is 0.465 e. The van der Waals surface area contributed by atoms with Gasteiger partial charge in [0.2, 0.25) is 0 Å². The summed E-state index contributed by atoms with van der Waals surface area (Å²) in [5.74, 6) is -0.425. The van der Waals surface area contributed by atoms with Gasteiger partial charge in [-0.15, -0.1) is 0 Å². The standard InChI is InChI=1S/C52H97NO7/c1-6-11-14-17-20-21-22-23-24-25-26-27-30-33-36-40-50(54)58-45-49(47-60-52(56)57-44-37-43-53(9-4)10-5)46-59-51(55)42-41-48(38-34-31-28-18-15-12-7-2)39-35-32-29-19-16-13-8-3/h20-21,23-24,48-49H,6-19,22,25-47H2,1-5H3/b21-20-,24-23-. The molecule has 0 heterocycles. The number of esters is 2. The SMILES string of the molecule is CCCCC/C=C\C/C=C\CCCCCCCC(=O)OCC(COC(=O)CCC(CCCCCCCCC)CCCCCCCCC)COC(=O)OCCCN(CC)CC. The molecule has 0 aliphatic rings. The number of allylic oxidation sites excluding steroid dienone is 4. The lowest BCUT2D eigenvalue weighted by atomic mass is 9.90. The van der Waals surface area contributed by atoms with E-state index in [2.05, 4.69) is 63.8 Å². The minimum Gasteiger partial charge on any atom is -0.465 e. The van der Waals surface area contributed by atoms with E-state index in [1.165, 1.54) is 135 Å². The summed E-state index contributed by atoms with van der Waals surface area (Å²) in [6.07, 6.45) is 43.5. The number of nitrogens with zero attached hydrogens (tertiary/aromatic N) is 1. The highest BCUT2D eigenvalue weighted by Gasteiger charge is 2.19. The average Bonchev–Trinajstić information content (AvgIpc) is 3.25. The fourth-order valence-corrected chi connectivity index (χ4v) is 7.54. The first-order valence-corrected chi connectivity index (χ1v) is 25.5. The van der Waals surface area contributed by atoms with E-state index in [1.807, 2.05) is 0 Å². The van der Waals surface area contributed by atoms with Crippen LogP contribution in [0.5, 0.6) is 0 Å². The molecule has 0 aliphatic carbocycles. The van der Waals surface area contributed by atoms with Gasteiger partial charge in [-0.1, -0.05) is 194 Å². The van der Waals surface area contributed by atoms with Gasteiger partial charge in [0.15, 0.2) is 0 Å². The Morgan fingerprint density at radius 3 is 1.43 bits per heavy atom. The van der Waals surface area contributed by atoms with Crippen molar-refractivity contribution in [2.24, 2.45) is 11.8 Å². The molecular formula is C52H97NO7. The lowest BCUT2D eigenvalue weighted by Gasteiger charge is -2.19. The maximum Gasteiger partial charge on any atom is 0.508 e. The Labute approximate surface area is 371 Å². The van der Waals surface area contributed by atoms with E-state index in [1.54, 1.807) is 0 Å². The van der Waals surface area contributed by atoms with E-state index in [0.717, 1.165) is 71.0 Å². The van der Waals surface area contributed by atoms with Gasteiger partial charge in [0.1, 0.15) is 19.8 Å². The van der Waals surface area contributed by atoms with Gasteiger partial charge in [0.25, 0.3) is 0 Å². The molecule has 0 saturated carbocycles. The first-order valence-electron chi connectivity index (χ1n) is 25.5. The summed E-state index contributed by atoms with van der Waals surface area (Å²) in [5.41, 5.74) is 0. The third-order valence-electron chi connectivity index (χ3n) is 11.7. The third kappa shape index (κ3) is 41.0. The Kier molecular flexibility index (Phi) is 44.4. The number of ether oxygens (including phenoxy) is 4. The van der Waals surface area contributed by atoms with Crippen LogP contribution in [0.1, 0.15) is 234 Å². The molecule has 1 atom stereocenters. The molecule has 1 unspecified atom stereocenters. The zero-order valence-electron chi connectivity index (χ0n) is 40.1. The van der Waals surface area contributed by atoms with Crippen LogP contribution in [0.4, 0.5) is 4.79 Å². The summed E-state index contributed by atoms with van der Waals surface area (Å²) in [6, 6.07) is 0. The van der Waals surface area contributed by atoms with Crippen LogP contribution in [0, 0.1) is 11.8 Å². The Bertz CT molecular complexity index is 992. The molecular weight excluding hydrogens is 751 g/mol. The highest BCUT2D eigenvalue weighted by molar-refractivity contribution is 5.69. The predicted octanol–water partition coefficient (Wildman–Crippen LogP) is 15.1. The van der Waals surface area contributed by atoms with Gasteiger partial charge in [0, 0.05) is 19.4 Å². The molecule has 0 bridgehead atoms. The minimum absolute atomic E-state index is 0.0285. The van der Waals surface area contributed by atoms with Crippen LogP contribution in [-0.4, -0.2) is 69.1 Å². The maximum absolute atomic E-state index is 13.1. The van der Waals surface area contributed by atoms with E-state index in [-0.39, 0.29) is 38.4 Å². The molecule has 8 nitrogen and oxygen atoms in total. The monoisotopic (exact) mass is 848 g/mol. The van der Waals surface area contributed by atoms with Crippen molar-refractivity contribution in [3.8, 4) is 0 Å². The van der Waals surface area contributed by atoms with Gasteiger partial charge in [-0.3, -0.25) is 9.59 Å². The Morgan fingerprint density at radius 2 is 0.883 bits per heavy atom. The lowest BCUT2D eigenvalue weighted by molar-refractivity contribution is -0.150. The summed E-state index contributed by atoms with van der Waals surface area (Å²) in [5, 5.41) is 0. The summed E-state index contributed by atoms with van der Waals surface area (Å²) < 4.78 is 22.1. The molecule has 0 aliphatic heterocycles. The Morgan fingerprint density at radius 1 is 0.433 bits per heavy atom. The van der Waals surface area contributed by atoms with Gasteiger partial charge in [0.05, 0.1) is 12.5 Å². The van der Waals surface area contributed by atoms with Crippen molar-refractivity contribution in [1.29, 1.82) is 0 Å². The molecule has 0 amide bonds. The molecule has 0 fully saturated rings. The predicted molar refractivity (Wildman–Crippen MR) is 252 cm³/mol. The van der Waals surface area contributed by atoms with Crippen LogP contribution < -0.4 is 0 Å². The topological polar surface area (TPSA) is 91.4 Å². The molecule has 60 heavy (non-hydrogen) atoms. The highest BCUT2D eigenvalue weighted by atomic mass is 16.7. The summed E-state index contributed by atoms with van der Waals surface area (Å²) >= 11 is 0. The Hall–Kier alpha value is -2.35.